The van der Waals surface area contributed by atoms with Crippen molar-refractivity contribution in [3.8, 4) is 0 Å². The Morgan fingerprint density at radius 1 is 1.44 bits per heavy atom. The second-order valence-corrected chi connectivity index (χ2v) is 5.77. The van der Waals surface area contributed by atoms with Crippen LogP contribution in [0, 0.1) is 5.82 Å². The highest BCUT2D eigenvalue weighted by atomic mass is 19.1. The summed E-state index contributed by atoms with van der Waals surface area (Å²) in [6, 6.07) is 4.19. The minimum absolute atomic E-state index is 0.0819. The monoisotopic (exact) mass is 344 g/mol. The molecule has 0 unspecified atom stereocenters. The van der Waals surface area contributed by atoms with Crippen LogP contribution in [-0.4, -0.2) is 37.8 Å². The zero-order valence-electron chi connectivity index (χ0n) is 13.4. The lowest BCUT2D eigenvalue weighted by Crippen LogP contribution is -2.45. The summed E-state index contributed by atoms with van der Waals surface area (Å²) in [5.41, 5.74) is 1.27. The lowest BCUT2D eigenvalue weighted by Gasteiger charge is -2.18. The molecule has 0 saturated heterocycles. The number of benzene rings is 1. The number of H-pyrrole nitrogens is 1. The summed E-state index contributed by atoms with van der Waals surface area (Å²) in [7, 11) is 0. The summed E-state index contributed by atoms with van der Waals surface area (Å²) in [5.74, 6) is -1.96. The Bertz CT molecular complexity index is 904. The van der Waals surface area contributed by atoms with Gasteiger partial charge in [-0.05, 0) is 36.8 Å². The smallest absolute Gasteiger partial charge is 0.326 e. The van der Waals surface area contributed by atoms with Gasteiger partial charge in [0, 0.05) is 35.9 Å². The highest BCUT2D eigenvalue weighted by Gasteiger charge is 2.25. The van der Waals surface area contributed by atoms with Gasteiger partial charge in [-0.1, -0.05) is 0 Å². The van der Waals surface area contributed by atoms with Crippen LogP contribution in [0.25, 0.3) is 10.9 Å². The van der Waals surface area contributed by atoms with Gasteiger partial charge in [0.25, 0.3) is 0 Å². The number of rotatable bonds is 6. The molecule has 2 atom stereocenters. The van der Waals surface area contributed by atoms with E-state index < -0.39 is 24.0 Å². The van der Waals surface area contributed by atoms with E-state index in [2.05, 4.69) is 15.4 Å². The number of halogens is 1. The van der Waals surface area contributed by atoms with E-state index in [4.69, 9.17) is 0 Å². The van der Waals surface area contributed by atoms with Crippen molar-refractivity contribution in [2.45, 2.75) is 25.4 Å². The molecule has 3 rings (SSSR count). The number of hydrogen-bond acceptors (Lipinski definition) is 3. The number of fused-ring (bicyclic) bond motifs is 1. The molecule has 7 nitrogen and oxygen atoms in total. The number of hydrogen-bond donors (Lipinski definition) is 3. The van der Waals surface area contributed by atoms with E-state index in [9.17, 15) is 19.1 Å². The number of aromatic nitrogens is 3. The fourth-order valence-electron chi connectivity index (χ4n) is 2.67. The molecular formula is C17H17FN4O3. The van der Waals surface area contributed by atoms with E-state index in [0.717, 1.165) is 5.39 Å². The molecule has 1 aromatic carbocycles. The van der Waals surface area contributed by atoms with Gasteiger partial charge in [-0.25, -0.2) is 9.18 Å². The Hall–Kier alpha value is -3.16. The Balaban J connectivity index is 1.77. The molecule has 0 fully saturated rings. The molecule has 2 aromatic heterocycles. The van der Waals surface area contributed by atoms with Gasteiger partial charge in [-0.15, -0.1) is 0 Å². The topological polar surface area (TPSA) is 100 Å². The third-order valence-corrected chi connectivity index (χ3v) is 4.07. The van der Waals surface area contributed by atoms with E-state index in [1.807, 2.05) is 0 Å². The van der Waals surface area contributed by atoms with Crippen molar-refractivity contribution in [3.05, 3.63) is 54.2 Å². The fraction of sp³-hybridized carbons (Fsp3) is 0.235. The number of nitrogens with zero attached hydrogens (tertiary/aromatic N) is 2. The van der Waals surface area contributed by atoms with E-state index >= 15 is 0 Å². The minimum Gasteiger partial charge on any atom is -0.480 e. The molecule has 2 heterocycles. The van der Waals surface area contributed by atoms with Gasteiger partial charge in [0.15, 0.2) is 0 Å². The highest BCUT2D eigenvalue weighted by molar-refractivity contribution is 5.87. The minimum atomic E-state index is -1.14. The highest BCUT2D eigenvalue weighted by Crippen LogP contribution is 2.20. The van der Waals surface area contributed by atoms with Crippen molar-refractivity contribution in [2.75, 3.05) is 0 Å². The Kier molecular flexibility index (Phi) is 4.51. The molecule has 0 aliphatic rings. The summed E-state index contributed by atoms with van der Waals surface area (Å²) in [4.78, 5) is 26.8. The summed E-state index contributed by atoms with van der Waals surface area (Å²) < 4.78 is 14.7. The van der Waals surface area contributed by atoms with Crippen molar-refractivity contribution in [1.82, 2.24) is 20.1 Å². The van der Waals surface area contributed by atoms with E-state index in [0.29, 0.717) is 11.1 Å². The summed E-state index contributed by atoms with van der Waals surface area (Å²) in [6.07, 6.45) is 4.89. The van der Waals surface area contributed by atoms with Crippen LogP contribution in [0.5, 0.6) is 0 Å². The first kappa shape index (κ1) is 16.7. The SMILES string of the molecule is C[C@H](C(=O)N[C@H](Cc1c[nH]c2cc(F)ccc12)C(=O)O)n1cccn1. The van der Waals surface area contributed by atoms with Crippen molar-refractivity contribution in [1.29, 1.82) is 0 Å². The zero-order valence-corrected chi connectivity index (χ0v) is 13.4. The van der Waals surface area contributed by atoms with Crippen molar-refractivity contribution in [2.24, 2.45) is 0 Å². The Morgan fingerprint density at radius 3 is 2.92 bits per heavy atom. The van der Waals surface area contributed by atoms with Gasteiger partial charge in [-0.3, -0.25) is 9.48 Å². The number of carboxylic acid groups (broad SMARTS) is 1. The maximum Gasteiger partial charge on any atom is 0.326 e. The number of carbonyl (C=O) groups excluding carboxylic acids is 1. The van der Waals surface area contributed by atoms with Gasteiger partial charge >= 0.3 is 5.97 Å². The molecule has 130 valence electrons. The summed E-state index contributed by atoms with van der Waals surface area (Å²) in [6.45, 7) is 1.63. The first-order valence-corrected chi connectivity index (χ1v) is 7.73. The predicted molar refractivity (Wildman–Crippen MR) is 88.5 cm³/mol. The lowest BCUT2D eigenvalue weighted by atomic mass is 10.0. The average Bonchev–Trinajstić information content (AvgIpc) is 3.23. The largest absolute Gasteiger partial charge is 0.480 e. The quantitative estimate of drug-likeness (QED) is 0.635. The first-order valence-electron chi connectivity index (χ1n) is 7.73. The van der Waals surface area contributed by atoms with Crippen LogP contribution in [0.3, 0.4) is 0 Å². The number of carbonyl (C=O) groups is 2. The second kappa shape index (κ2) is 6.76. The fourth-order valence-corrected chi connectivity index (χ4v) is 2.67. The standard InChI is InChI=1S/C17H17FN4O3/c1-10(22-6-2-5-20-22)16(23)21-15(17(24)25)7-11-9-19-14-8-12(18)3-4-13(11)14/h2-6,8-10,15,19H,7H2,1H3,(H,21,23)(H,24,25)/t10-,15-/m1/s1. The molecule has 0 radical (unpaired) electrons. The van der Waals surface area contributed by atoms with Crippen LogP contribution >= 0.6 is 0 Å². The predicted octanol–water partition coefficient (Wildman–Crippen LogP) is 1.88. The van der Waals surface area contributed by atoms with Crippen LogP contribution in [0.1, 0.15) is 18.5 Å². The lowest BCUT2D eigenvalue weighted by molar-refractivity contribution is -0.142. The molecule has 0 saturated carbocycles. The number of aliphatic carboxylic acids is 1. The van der Waals surface area contributed by atoms with E-state index in [1.54, 1.807) is 37.6 Å². The maximum absolute atomic E-state index is 13.3. The van der Waals surface area contributed by atoms with Crippen molar-refractivity contribution < 1.29 is 19.1 Å². The average molecular weight is 344 g/mol. The molecule has 1 amide bonds. The molecule has 0 aliphatic carbocycles. The van der Waals surface area contributed by atoms with Crippen molar-refractivity contribution in [3.63, 3.8) is 0 Å². The van der Waals surface area contributed by atoms with Crippen LogP contribution < -0.4 is 5.32 Å². The third-order valence-electron chi connectivity index (χ3n) is 4.07. The third kappa shape index (κ3) is 3.52. The van der Waals surface area contributed by atoms with Gasteiger partial charge in [0.1, 0.15) is 17.9 Å². The molecule has 0 bridgehead atoms. The molecule has 3 N–H and O–H groups in total. The summed E-state index contributed by atoms with van der Waals surface area (Å²) >= 11 is 0. The number of carboxylic acids is 1. The van der Waals surface area contributed by atoms with Gasteiger partial charge in [-0.2, -0.15) is 5.10 Å². The first-order chi connectivity index (χ1) is 12.0. The zero-order chi connectivity index (χ0) is 18.0. The van der Waals surface area contributed by atoms with Crippen LogP contribution in [0.2, 0.25) is 0 Å². The van der Waals surface area contributed by atoms with E-state index in [-0.39, 0.29) is 12.2 Å². The molecule has 0 aliphatic heterocycles. The molecule has 3 aromatic rings. The number of nitrogens with one attached hydrogen (secondary N) is 2. The Morgan fingerprint density at radius 2 is 2.24 bits per heavy atom. The van der Waals surface area contributed by atoms with Gasteiger partial charge in [0.2, 0.25) is 5.91 Å². The van der Waals surface area contributed by atoms with Crippen LogP contribution in [-0.2, 0) is 16.0 Å². The van der Waals surface area contributed by atoms with Gasteiger partial charge < -0.3 is 15.4 Å². The molecule has 25 heavy (non-hydrogen) atoms. The Labute approximate surface area is 142 Å². The van der Waals surface area contributed by atoms with Crippen molar-refractivity contribution >= 4 is 22.8 Å². The molecule has 8 heteroatoms. The number of aromatic amines is 1. The van der Waals surface area contributed by atoms with E-state index in [1.165, 1.54) is 16.8 Å². The summed E-state index contributed by atoms with van der Waals surface area (Å²) in [5, 5.41) is 16.7. The second-order valence-electron chi connectivity index (χ2n) is 5.77. The van der Waals surface area contributed by atoms with Gasteiger partial charge in [0.05, 0.1) is 0 Å². The molecular weight excluding hydrogens is 327 g/mol. The maximum atomic E-state index is 13.3. The van der Waals surface area contributed by atoms with Crippen LogP contribution in [0.4, 0.5) is 4.39 Å². The van der Waals surface area contributed by atoms with Crippen LogP contribution in [0.15, 0.2) is 42.9 Å². The molecule has 0 spiro atoms. The normalized spacial score (nSPS) is 13.5. The number of amides is 1.